The third-order valence-electron chi connectivity index (χ3n) is 2.63. The fraction of sp³-hybridized carbons (Fsp3) is 0.667. The van der Waals surface area contributed by atoms with Gasteiger partial charge >= 0.3 is 0 Å². The summed E-state index contributed by atoms with van der Waals surface area (Å²) in [6, 6.07) is 0. The summed E-state index contributed by atoms with van der Waals surface area (Å²) < 4.78 is 0. The second kappa shape index (κ2) is 6.43. The fourth-order valence-electron chi connectivity index (χ4n) is 1.81. The summed E-state index contributed by atoms with van der Waals surface area (Å²) in [5.41, 5.74) is 1.10. The summed E-state index contributed by atoms with van der Waals surface area (Å²) in [5.74, 6) is 0.175. The second-order valence-corrected chi connectivity index (χ2v) is 3.86. The molecule has 1 rings (SSSR count). The highest BCUT2D eigenvalue weighted by Gasteiger charge is 2.23. The van der Waals surface area contributed by atoms with E-state index in [1.54, 1.807) is 0 Å². The van der Waals surface area contributed by atoms with Gasteiger partial charge in [0.2, 0.25) is 0 Å². The lowest BCUT2D eigenvalue weighted by Gasteiger charge is -2.16. The highest BCUT2D eigenvalue weighted by molar-refractivity contribution is 6.23. The minimum atomic E-state index is -0.00616. The van der Waals surface area contributed by atoms with Crippen LogP contribution in [-0.4, -0.2) is 34.9 Å². The van der Waals surface area contributed by atoms with Gasteiger partial charge in [0.05, 0.1) is 5.57 Å². The first-order valence-electron chi connectivity index (χ1n) is 5.80. The van der Waals surface area contributed by atoms with E-state index < -0.39 is 0 Å². The Labute approximate surface area is 95.7 Å². The molecule has 1 aliphatic carbocycles. The molecule has 0 atom stereocenters. The number of allylic oxidation sites excluding steroid dienone is 2. The van der Waals surface area contributed by atoms with Crippen molar-refractivity contribution in [2.75, 3.05) is 13.2 Å². The number of aliphatic hydroxyl groups excluding tert-OH is 2. The molecule has 0 saturated carbocycles. The van der Waals surface area contributed by atoms with Crippen LogP contribution in [0.5, 0.6) is 0 Å². The van der Waals surface area contributed by atoms with Crippen LogP contribution in [-0.2, 0) is 4.79 Å². The van der Waals surface area contributed by atoms with E-state index in [9.17, 15) is 9.90 Å². The molecular formula is C12H19NO3. The maximum Gasteiger partial charge on any atom is 0.168 e. The molecule has 0 aliphatic heterocycles. The number of hydrogen-bond acceptors (Lipinski definition) is 4. The molecule has 0 amide bonds. The van der Waals surface area contributed by atoms with Gasteiger partial charge in [-0.25, -0.2) is 0 Å². The lowest BCUT2D eigenvalue weighted by molar-refractivity contribution is -0.115. The number of ketones is 1. The highest BCUT2D eigenvalue weighted by Crippen LogP contribution is 2.22. The highest BCUT2D eigenvalue weighted by atomic mass is 16.3. The van der Waals surface area contributed by atoms with Crippen molar-refractivity contribution in [2.45, 2.75) is 39.0 Å². The van der Waals surface area contributed by atoms with Crippen molar-refractivity contribution in [2.24, 2.45) is 4.99 Å². The van der Waals surface area contributed by atoms with Crippen LogP contribution in [0.4, 0.5) is 0 Å². The van der Waals surface area contributed by atoms with Crippen LogP contribution in [0.15, 0.2) is 16.3 Å². The van der Waals surface area contributed by atoms with Gasteiger partial charge in [-0.2, -0.15) is 0 Å². The summed E-state index contributed by atoms with van der Waals surface area (Å²) in [6.07, 6.45) is 3.02. The van der Waals surface area contributed by atoms with Crippen LogP contribution >= 0.6 is 0 Å². The van der Waals surface area contributed by atoms with E-state index >= 15 is 0 Å². The van der Waals surface area contributed by atoms with Crippen LogP contribution < -0.4 is 0 Å². The Morgan fingerprint density at radius 2 is 2.19 bits per heavy atom. The maximum absolute atomic E-state index is 11.7. The lowest BCUT2D eigenvalue weighted by Crippen LogP contribution is -2.19. The van der Waals surface area contributed by atoms with Gasteiger partial charge in [-0.15, -0.1) is 0 Å². The van der Waals surface area contributed by atoms with Crippen LogP contribution in [0.2, 0.25) is 0 Å². The monoisotopic (exact) mass is 225 g/mol. The third-order valence-corrected chi connectivity index (χ3v) is 2.63. The third kappa shape index (κ3) is 3.17. The van der Waals surface area contributed by atoms with Crippen LogP contribution in [0.1, 0.15) is 39.0 Å². The van der Waals surface area contributed by atoms with Crippen molar-refractivity contribution >= 4 is 11.5 Å². The minimum Gasteiger partial charge on any atom is -0.511 e. The summed E-state index contributed by atoms with van der Waals surface area (Å²) in [5, 5.41) is 18.4. The topological polar surface area (TPSA) is 69.9 Å². The molecule has 4 nitrogen and oxygen atoms in total. The molecule has 0 aromatic carbocycles. The molecule has 90 valence electrons. The first-order valence-corrected chi connectivity index (χ1v) is 5.80. The van der Waals surface area contributed by atoms with Gasteiger partial charge in [-0.3, -0.25) is 9.79 Å². The number of aliphatic hydroxyl groups is 2. The fourth-order valence-corrected chi connectivity index (χ4v) is 1.81. The first kappa shape index (κ1) is 12.9. The summed E-state index contributed by atoms with van der Waals surface area (Å²) in [7, 11) is 0. The van der Waals surface area contributed by atoms with E-state index in [4.69, 9.17) is 5.11 Å². The van der Waals surface area contributed by atoms with Gasteiger partial charge in [-0.05, 0) is 19.3 Å². The molecular weight excluding hydrogens is 206 g/mol. The van der Waals surface area contributed by atoms with Crippen molar-refractivity contribution in [1.29, 1.82) is 0 Å². The van der Waals surface area contributed by atoms with Gasteiger partial charge < -0.3 is 10.2 Å². The summed E-state index contributed by atoms with van der Waals surface area (Å²) >= 11 is 0. The Hall–Kier alpha value is -1.16. The standard InChI is InChI=1S/C12H19NO3/c1-2-9(13-7-4-8-14)12-10(15)5-3-6-11(12)16/h14-15H,2-8H2,1H3. The number of rotatable bonds is 5. The van der Waals surface area contributed by atoms with Crippen molar-refractivity contribution in [1.82, 2.24) is 0 Å². The molecule has 0 fully saturated rings. The number of hydrogen-bond donors (Lipinski definition) is 2. The zero-order valence-corrected chi connectivity index (χ0v) is 9.70. The Morgan fingerprint density at radius 1 is 1.44 bits per heavy atom. The number of carbonyl (C=O) groups is 1. The normalized spacial score (nSPS) is 18.1. The number of nitrogens with zero attached hydrogens (tertiary/aromatic N) is 1. The smallest absolute Gasteiger partial charge is 0.168 e. The molecule has 0 spiro atoms. The largest absolute Gasteiger partial charge is 0.511 e. The van der Waals surface area contributed by atoms with Gasteiger partial charge in [0.15, 0.2) is 5.78 Å². The van der Waals surface area contributed by atoms with E-state index in [0.717, 1.165) is 6.42 Å². The lowest BCUT2D eigenvalue weighted by atomic mass is 9.92. The SMILES string of the molecule is CCC(=NCCCO)C1=C(O)CCCC1=O. The molecule has 0 aromatic heterocycles. The van der Waals surface area contributed by atoms with Crippen molar-refractivity contribution in [3.8, 4) is 0 Å². The molecule has 1 aliphatic rings. The average molecular weight is 225 g/mol. The Balaban J connectivity index is 2.85. The Morgan fingerprint density at radius 3 is 2.75 bits per heavy atom. The molecule has 0 aromatic rings. The minimum absolute atomic E-state index is 0.00616. The zero-order chi connectivity index (χ0) is 12.0. The first-order chi connectivity index (χ1) is 7.70. The van der Waals surface area contributed by atoms with Gasteiger partial charge in [0.1, 0.15) is 5.76 Å². The molecule has 16 heavy (non-hydrogen) atoms. The van der Waals surface area contributed by atoms with Crippen LogP contribution in [0.3, 0.4) is 0 Å². The Kier molecular flexibility index (Phi) is 5.19. The van der Waals surface area contributed by atoms with E-state index in [-0.39, 0.29) is 18.1 Å². The molecule has 0 radical (unpaired) electrons. The molecule has 0 unspecified atom stereocenters. The average Bonchev–Trinajstić information content (AvgIpc) is 2.26. The van der Waals surface area contributed by atoms with E-state index in [0.29, 0.717) is 43.5 Å². The number of aliphatic imine (C=N–C) groups is 1. The van der Waals surface area contributed by atoms with Crippen molar-refractivity contribution in [3.05, 3.63) is 11.3 Å². The van der Waals surface area contributed by atoms with Crippen molar-refractivity contribution < 1.29 is 15.0 Å². The van der Waals surface area contributed by atoms with Gasteiger partial charge in [0, 0.05) is 31.7 Å². The van der Waals surface area contributed by atoms with Gasteiger partial charge in [-0.1, -0.05) is 6.92 Å². The quantitative estimate of drug-likeness (QED) is 0.553. The summed E-state index contributed by atoms with van der Waals surface area (Å²) in [6.45, 7) is 2.52. The Bertz CT molecular complexity index is 318. The summed E-state index contributed by atoms with van der Waals surface area (Å²) in [4.78, 5) is 16.0. The van der Waals surface area contributed by atoms with Crippen molar-refractivity contribution in [3.63, 3.8) is 0 Å². The van der Waals surface area contributed by atoms with E-state index in [1.165, 1.54) is 0 Å². The molecule has 0 heterocycles. The van der Waals surface area contributed by atoms with Crippen LogP contribution in [0.25, 0.3) is 0 Å². The van der Waals surface area contributed by atoms with E-state index in [1.807, 2.05) is 6.92 Å². The maximum atomic E-state index is 11.7. The van der Waals surface area contributed by atoms with Crippen LogP contribution in [0, 0.1) is 0 Å². The zero-order valence-electron chi connectivity index (χ0n) is 9.70. The molecule has 0 bridgehead atoms. The predicted molar refractivity (Wildman–Crippen MR) is 62.8 cm³/mol. The molecule has 2 N–H and O–H groups in total. The predicted octanol–water partition coefficient (Wildman–Crippen LogP) is 1.78. The van der Waals surface area contributed by atoms with Gasteiger partial charge in [0.25, 0.3) is 0 Å². The molecule has 4 heteroatoms. The van der Waals surface area contributed by atoms with E-state index in [2.05, 4.69) is 4.99 Å². The number of carbonyl (C=O) groups excluding carboxylic acids is 1. The number of Topliss-reactive ketones (excluding diaryl/α,β-unsaturated/α-hetero) is 1. The molecule has 0 saturated heterocycles. The second-order valence-electron chi connectivity index (χ2n) is 3.86.